The Morgan fingerprint density at radius 3 is 2.68 bits per heavy atom. The number of pyridine rings is 1. The molecule has 1 aliphatic heterocycles. The molecule has 1 aromatic rings. The van der Waals surface area contributed by atoms with Crippen LogP contribution < -0.4 is 4.90 Å². The van der Waals surface area contributed by atoms with E-state index >= 15 is 0 Å². The van der Waals surface area contributed by atoms with E-state index in [0.717, 1.165) is 38.5 Å². The van der Waals surface area contributed by atoms with Gasteiger partial charge in [0, 0.05) is 32.7 Å². The van der Waals surface area contributed by atoms with Crippen molar-refractivity contribution in [2.24, 2.45) is 0 Å². The van der Waals surface area contributed by atoms with Crippen molar-refractivity contribution in [3.8, 4) is 0 Å². The maximum atomic E-state index is 12.8. The van der Waals surface area contributed by atoms with Crippen molar-refractivity contribution in [2.75, 3.05) is 44.7 Å². The summed E-state index contributed by atoms with van der Waals surface area (Å²) in [6, 6.07) is 3.12. The number of aromatic nitrogens is 1. The first-order valence-electron chi connectivity index (χ1n) is 6.34. The molecule has 1 aliphatic rings. The number of hydrogen-bond acceptors (Lipinski definition) is 5. The van der Waals surface area contributed by atoms with Gasteiger partial charge in [-0.1, -0.05) is 0 Å². The zero-order valence-corrected chi connectivity index (χ0v) is 11.0. The Balaban J connectivity index is 1.79. The van der Waals surface area contributed by atoms with E-state index in [2.05, 4.69) is 19.5 Å². The predicted molar refractivity (Wildman–Crippen MR) is 69.5 cm³/mol. The summed E-state index contributed by atoms with van der Waals surface area (Å²) in [5.74, 6) is 0.303. The Labute approximate surface area is 112 Å². The second-order valence-corrected chi connectivity index (χ2v) is 4.49. The summed E-state index contributed by atoms with van der Waals surface area (Å²) in [6.45, 7) is 4.13. The van der Waals surface area contributed by atoms with Crippen molar-refractivity contribution in [1.82, 2.24) is 9.88 Å². The third-order valence-electron chi connectivity index (χ3n) is 3.27. The number of rotatable bonds is 4. The zero-order valence-electron chi connectivity index (χ0n) is 11.0. The van der Waals surface area contributed by atoms with Crippen LogP contribution >= 0.6 is 0 Å². The lowest BCUT2D eigenvalue weighted by atomic mass is 10.3. The summed E-state index contributed by atoms with van der Waals surface area (Å²) in [5, 5.41) is 0. The Kier molecular flexibility index (Phi) is 4.68. The molecule has 0 saturated carbocycles. The molecule has 0 aliphatic carbocycles. The van der Waals surface area contributed by atoms with Crippen molar-refractivity contribution in [1.29, 1.82) is 0 Å². The van der Waals surface area contributed by atoms with Gasteiger partial charge in [0.25, 0.3) is 0 Å². The third-order valence-corrected chi connectivity index (χ3v) is 3.27. The second-order valence-electron chi connectivity index (χ2n) is 4.49. The first-order valence-corrected chi connectivity index (χ1v) is 6.34. The van der Waals surface area contributed by atoms with Gasteiger partial charge in [-0.2, -0.15) is 0 Å². The molecule has 0 unspecified atom stereocenters. The van der Waals surface area contributed by atoms with Crippen LogP contribution in [0.3, 0.4) is 0 Å². The number of carbonyl (C=O) groups is 1. The number of piperazine rings is 1. The van der Waals surface area contributed by atoms with E-state index in [4.69, 9.17) is 0 Å². The smallest absolute Gasteiger partial charge is 0.306 e. The number of methoxy groups -OCH3 is 1. The van der Waals surface area contributed by atoms with Crippen LogP contribution in [-0.2, 0) is 9.53 Å². The zero-order chi connectivity index (χ0) is 13.7. The van der Waals surface area contributed by atoms with Crippen molar-refractivity contribution in [3.05, 3.63) is 24.1 Å². The number of esters is 1. The van der Waals surface area contributed by atoms with Crippen molar-refractivity contribution < 1.29 is 13.9 Å². The topological polar surface area (TPSA) is 45.7 Å². The minimum Gasteiger partial charge on any atom is -0.469 e. The number of ether oxygens (including phenoxy) is 1. The Morgan fingerprint density at radius 2 is 2.11 bits per heavy atom. The quantitative estimate of drug-likeness (QED) is 0.759. The van der Waals surface area contributed by atoms with E-state index in [1.807, 2.05) is 0 Å². The Bertz CT molecular complexity index is 416. The monoisotopic (exact) mass is 267 g/mol. The SMILES string of the molecule is COC(=O)CCN1CCN(c2ccc(F)cn2)CC1. The van der Waals surface area contributed by atoms with Crippen LogP contribution in [0.1, 0.15) is 6.42 Å². The molecule has 0 N–H and O–H groups in total. The first-order chi connectivity index (χ1) is 9.19. The van der Waals surface area contributed by atoms with E-state index in [1.54, 1.807) is 6.07 Å². The van der Waals surface area contributed by atoms with E-state index in [0.29, 0.717) is 6.42 Å². The predicted octanol–water partition coefficient (Wildman–Crippen LogP) is 0.906. The fourth-order valence-corrected chi connectivity index (χ4v) is 2.11. The van der Waals surface area contributed by atoms with E-state index in [-0.39, 0.29) is 11.8 Å². The number of halogens is 1. The highest BCUT2D eigenvalue weighted by Crippen LogP contribution is 2.13. The highest BCUT2D eigenvalue weighted by Gasteiger charge is 2.18. The normalized spacial score (nSPS) is 16.4. The van der Waals surface area contributed by atoms with Crippen LogP contribution in [0.5, 0.6) is 0 Å². The summed E-state index contributed by atoms with van der Waals surface area (Å²) in [6.07, 6.45) is 1.66. The summed E-state index contributed by atoms with van der Waals surface area (Å²) in [5.41, 5.74) is 0. The molecule has 0 atom stereocenters. The fourth-order valence-electron chi connectivity index (χ4n) is 2.11. The van der Waals surface area contributed by atoms with Crippen LogP contribution in [0.15, 0.2) is 18.3 Å². The molecule has 2 heterocycles. The van der Waals surface area contributed by atoms with Gasteiger partial charge in [-0.15, -0.1) is 0 Å². The Morgan fingerprint density at radius 1 is 1.37 bits per heavy atom. The molecule has 104 valence electrons. The molecule has 5 nitrogen and oxygen atoms in total. The summed E-state index contributed by atoms with van der Waals surface area (Å²) >= 11 is 0. The van der Waals surface area contributed by atoms with Crippen molar-refractivity contribution >= 4 is 11.8 Å². The first kappa shape index (κ1) is 13.7. The summed E-state index contributed by atoms with van der Waals surface area (Å²) in [4.78, 5) is 19.5. The lowest BCUT2D eigenvalue weighted by molar-refractivity contribution is -0.141. The molecule has 1 saturated heterocycles. The number of hydrogen-bond donors (Lipinski definition) is 0. The van der Waals surface area contributed by atoms with Gasteiger partial charge in [-0.05, 0) is 12.1 Å². The maximum Gasteiger partial charge on any atom is 0.306 e. The van der Waals surface area contributed by atoms with Gasteiger partial charge in [0.15, 0.2) is 0 Å². The minimum absolute atomic E-state index is 0.178. The number of nitrogens with zero attached hydrogens (tertiary/aromatic N) is 3. The van der Waals surface area contributed by atoms with Crippen LogP contribution in [-0.4, -0.2) is 55.7 Å². The van der Waals surface area contributed by atoms with Gasteiger partial charge >= 0.3 is 5.97 Å². The van der Waals surface area contributed by atoms with Crippen LogP contribution in [0.2, 0.25) is 0 Å². The van der Waals surface area contributed by atoms with E-state index in [9.17, 15) is 9.18 Å². The fraction of sp³-hybridized carbons (Fsp3) is 0.538. The molecule has 0 aromatic carbocycles. The number of anilines is 1. The average Bonchev–Trinajstić information content (AvgIpc) is 2.46. The molecule has 0 spiro atoms. The summed E-state index contributed by atoms with van der Waals surface area (Å²) in [7, 11) is 1.40. The van der Waals surface area contributed by atoms with Crippen LogP contribution in [0.4, 0.5) is 10.2 Å². The van der Waals surface area contributed by atoms with Gasteiger partial charge in [-0.25, -0.2) is 9.37 Å². The average molecular weight is 267 g/mol. The molecular formula is C13H18FN3O2. The molecule has 6 heteroatoms. The second kappa shape index (κ2) is 6.47. The van der Waals surface area contributed by atoms with Gasteiger partial charge in [-0.3, -0.25) is 9.69 Å². The van der Waals surface area contributed by atoms with E-state index < -0.39 is 0 Å². The van der Waals surface area contributed by atoms with Crippen molar-refractivity contribution in [3.63, 3.8) is 0 Å². The van der Waals surface area contributed by atoms with Gasteiger partial charge < -0.3 is 9.64 Å². The lowest BCUT2D eigenvalue weighted by Crippen LogP contribution is -2.47. The van der Waals surface area contributed by atoms with Crippen molar-refractivity contribution in [2.45, 2.75) is 6.42 Å². The number of carbonyl (C=O) groups excluding carboxylic acids is 1. The van der Waals surface area contributed by atoms with Gasteiger partial charge in [0.1, 0.15) is 11.6 Å². The summed E-state index contributed by atoms with van der Waals surface area (Å²) < 4.78 is 17.4. The van der Waals surface area contributed by atoms with E-state index in [1.165, 1.54) is 19.4 Å². The molecule has 1 aromatic heterocycles. The lowest BCUT2D eigenvalue weighted by Gasteiger charge is -2.35. The third kappa shape index (κ3) is 3.89. The maximum absolute atomic E-state index is 12.8. The van der Waals surface area contributed by atoms with Crippen LogP contribution in [0.25, 0.3) is 0 Å². The van der Waals surface area contributed by atoms with Gasteiger partial charge in [0.2, 0.25) is 0 Å². The minimum atomic E-state index is -0.319. The molecular weight excluding hydrogens is 249 g/mol. The highest BCUT2D eigenvalue weighted by molar-refractivity contribution is 5.69. The molecule has 19 heavy (non-hydrogen) atoms. The van der Waals surface area contributed by atoms with Crippen LogP contribution in [0, 0.1) is 5.82 Å². The molecule has 2 rings (SSSR count). The molecule has 0 amide bonds. The Hall–Kier alpha value is -1.69. The molecule has 0 bridgehead atoms. The standard InChI is InChI=1S/C13H18FN3O2/c1-19-13(18)4-5-16-6-8-17(9-7-16)12-3-2-11(14)10-15-12/h2-3,10H,4-9H2,1H3. The molecule has 1 fully saturated rings. The highest BCUT2D eigenvalue weighted by atomic mass is 19.1. The van der Waals surface area contributed by atoms with Gasteiger partial charge in [0.05, 0.1) is 19.7 Å². The largest absolute Gasteiger partial charge is 0.469 e. The molecule has 0 radical (unpaired) electrons.